The van der Waals surface area contributed by atoms with Crippen LogP contribution in [0.1, 0.15) is 40.9 Å². The van der Waals surface area contributed by atoms with Gasteiger partial charge in [0.2, 0.25) is 0 Å². The predicted molar refractivity (Wildman–Crippen MR) is 79.8 cm³/mol. The fourth-order valence-electron chi connectivity index (χ4n) is 2.65. The number of rotatable bonds is 2. The first-order valence-corrected chi connectivity index (χ1v) is 7.63. The molecule has 0 radical (unpaired) electrons. The molecule has 1 heteroatoms. The quantitative estimate of drug-likeness (QED) is 0.692. The van der Waals surface area contributed by atoms with Gasteiger partial charge in [0.1, 0.15) is 0 Å². The van der Waals surface area contributed by atoms with Crippen molar-refractivity contribution >= 4 is 11.8 Å². The highest BCUT2D eigenvalue weighted by Gasteiger charge is 2.24. The molecule has 18 heavy (non-hydrogen) atoms. The minimum absolute atomic E-state index is 0.671. The van der Waals surface area contributed by atoms with E-state index in [0.29, 0.717) is 10.5 Å². The van der Waals surface area contributed by atoms with Crippen LogP contribution in [-0.4, -0.2) is 0 Å². The van der Waals surface area contributed by atoms with Gasteiger partial charge in [-0.2, -0.15) is 0 Å². The van der Waals surface area contributed by atoms with Gasteiger partial charge in [-0.15, -0.1) is 11.8 Å². The average molecular weight is 254 g/mol. The normalized spacial score (nSPS) is 23.8. The zero-order valence-corrected chi connectivity index (χ0v) is 11.3. The van der Waals surface area contributed by atoms with Gasteiger partial charge < -0.3 is 0 Å². The van der Waals surface area contributed by atoms with Crippen LogP contribution in [0.4, 0.5) is 0 Å². The minimum atomic E-state index is 0.671. The van der Waals surface area contributed by atoms with Gasteiger partial charge in [0.25, 0.3) is 0 Å². The number of thioether (sulfide) groups is 1. The molecule has 0 N–H and O–H groups in total. The molecule has 1 saturated heterocycles. The second-order valence-electron chi connectivity index (χ2n) is 4.87. The van der Waals surface area contributed by atoms with Crippen LogP contribution in [0.15, 0.2) is 60.7 Å². The Hall–Kier alpha value is -1.21. The Balaban J connectivity index is 1.77. The predicted octanol–water partition coefficient (Wildman–Crippen LogP) is 5.39. The first-order chi connectivity index (χ1) is 8.93. The molecule has 92 valence electrons. The lowest BCUT2D eigenvalue weighted by atomic mass is 10.0. The van der Waals surface area contributed by atoms with Crippen LogP contribution in [0.5, 0.6) is 0 Å². The van der Waals surface area contributed by atoms with Crippen molar-refractivity contribution in [1.82, 2.24) is 0 Å². The van der Waals surface area contributed by atoms with E-state index in [0.717, 1.165) is 0 Å². The maximum absolute atomic E-state index is 2.27. The summed E-state index contributed by atoms with van der Waals surface area (Å²) in [6.07, 6.45) is 3.97. The summed E-state index contributed by atoms with van der Waals surface area (Å²) in [5.74, 6) is 0. The van der Waals surface area contributed by atoms with Gasteiger partial charge in [0.15, 0.2) is 0 Å². The van der Waals surface area contributed by atoms with E-state index < -0.39 is 0 Å². The molecule has 0 aliphatic carbocycles. The van der Waals surface area contributed by atoms with Crippen LogP contribution in [0.25, 0.3) is 0 Å². The molecule has 1 aliphatic heterocycles. The van der Waals surface area contributed by atoms with Gasteiger partial charge in [-0.25, -0.2) is 0 Å². The summed E-state index contributed by atoms with van der Waals surface area (Å²) < 4.78 is 0. The molecular weight excluding hydrogens is 236 g/mol. The molecule has 2 aromatic rings. The molecule has 2 atom stereocenters. The molecule has 1 heterocycles. The first-order valence-electron chi connectivity index (χ1n) is 6.69. The van der Waals surface area contributed by atoms with E-state index in [1.54, 1.807) is 0 Å². The Kier molecular flexibility index (Phi) is 3.70. The standard InChI is InChI=1S/C17H18S/c1-3-8-14(9-4-1)16-12-7-13-17(18-16)15-10-5-2-6-11-15/h1-6,8-11,16-17H,7,12-13H2. The Bertz CT molecular complexity index is 432. The summed E-state index contributed by atoms with van der Waals surface area (Å²) in [6, 6.07) is 21.9. The molecule has 1 aliphatic rings. The second-order valence-corrected chi connectivity index (χ2v) is 6.28. The van der Waals surface area contributed by atoms with E-state index >= 15 is 0 Å². The highest BCUT2D eigenvalue weighted by Crippen LogP contribution is 2.49. The van der Waals surface area contributed by atoms with Gasteiger partial charge in [0, 0.05) is 10.5 Å². The van der Waals surface area contributed by atoms with Crippen molar-refractivity contribution in [3.63, 3.8) is 0 Å². The maximum atomic E-state index is 2.27. The van der Waals surface area contributed by atoms with Crippen LogP contribution in [0, 0.1) is 0 Å². The van der Waals surface area contributed by atoms with Gasteiger partial charge in [-0.05, 0) is 24.0 Å². The summed E-state index contributed by atoms with van der Waals surface area (Å²) in [4.78, 5) is 0. The molecular formula is C17H18S. The Morgan fingerprint density at radius 2 is 1.11 bits per heavy atom. The Morgan fingerprint density at radius 3 is 1.56 bits per heavy atom. The fraction of sp³-hybridized carbons (Fsp3) is 0.294. The van der Waals surface area contributed by atoms with E-state index in [1.807, 2.05) is 0 Å². The van der Waals surface area contributed by atoms with Crippen LogP contribution < -0.4 is 0 Å². The third-order valence-corrected chi connectivity index (χ3v) is 5.28. The number of hydrogen-bond donors (Lipinski definition) is 0. The lowest BCUT2D eigenvalue weighted by Crippen LogP contribution is -2.06. The van der Waals surface area contributed by atoms with Crippen molar-refractivity contribution in [2.24, 2.45) is 0 Å². The second kappa shape index (κ2) is 5.62. The van der Waals surface area contributed by atoms with E-state index in [1.165, 1.54) is 30.4 Å². The Labute approximate surface area is 113 Å². The molecule has 0 nitrogen and oxygen atoms in total. The fourth-order valence-corrected chi connectivity index (χ4v) is 4.28. The highest BCUT2D eigenvalue weighted by molar-refractivity contribution is 7.99. The van der Waals surface area contributed by atoms with Crippen molar-refractivity contribution in [3.05, 3.63) is 71.8 Å². The average Bonchev–Trinajstić information content (AvgIpc) is 2.49. The monoisotopic (exact) mass is 254 g/mol. The molecule has 0 aromatic heterocycles. The number of benzene rings is 2. The molecule has 0 spiro atoms. The lowest BCUT2D eigenvalue weighted by Gasteiger charge is -2.29. The van der Waals surface area contributed by atoms with E-state index in [9.17, 15) is 0 Å². The molecule has 0 amide bonds. The lowest BCUT2D eigenvalue weighted by molar-refractivity contribution is 0.629. The largest absolute Gasteiger partial charge is 0.146 e. The molecule has 0 saturated carbocycles. The summed E-state index contributed by atoms with van der Waals surface area (Å²) in [6.45, 7) is 0. The van der Waals surface area contributed by atoms with Crippen molar-refractivity contribution < 1.29 is 0 Å². The van der Waals surface area contributed by atoms with Gasteiger partial charge in [0.05, 0.1) is 0 Å². The van der Waals surface area contributed by atoms with Crippen LogP contribution in [0.2, 0.25) is 0 Å². The third-order valence-electron chi connectivity index (χ3n) is 3.60. The van der Waals surface area contributed by atoms with E-state index in [2.05, 4.69) is 72.4 Å². The van der Waals surface area contributed by atoms with Crippen LogP contribution >= 0.6 is 11.8 Å². The zero-order chi connectivity index (χ0) is 12.2. The van der Waals surface area contributed by atoms with E-state index in [4.69, 9.17) is 0 Å². The van der Waals surface area contributed by atoms with Crippen LogP contribution in [-0.2, 0) is 0 Å². The van der Waals surface area contributed by atoms with Gasteiger partial charge in [-0.1, -0.05) is 67.1 Å². The SMILES string of the molecule is c1ccc(C2CCCC(c3ccccc3)S2)cc1. The van der Waals surface area contributed by atoms with Crippen molar-refractivity contribution in [2.45, 2.75) is 29.8 Å². The number of hydrogen-bond acceptors (Lipinski definition) is 1. The van der Waals surface area contributed by atoms with Gasteiger partial charge in [-0.3, -0.25) is 0 Å². The van der Waals surface area contributed by atoms with Crippen LogP contribution in [0.3, 0.4) is 0 Å². The summed E-state index contributed by atoms with van der Waals surface area (Å²) in [7, 11) is 0. The van der Waals surface area contributed by atoms with E-state index in [-0.39, 0.29) is 0 Å². The summed E-state index contributed by atoms with van der Waals surface area (Å²) >= 11 is 2.14. The van der Waals surface area contributed by atoms with Gasteiger partial charge >= 0.3 is 0 Å². The molecule has 2 aromatic carbocycles. The molecule has 0 bridgehead atoms. The summed E-state index contributed by atoms with van der Waals surface area (Å²) in [5, 5.41) is 1.34. The maximum Gasteiger partial charge on any atom is 0.0303 e. The smallest absolute Gasteiger partial charge is 0.0303 e. The molecule has 2 unspecified atom stereocenters. The Morgan fingerprint density at radius 1 is 0.667 bits per heavy atom. The topological polar surface area (TPSA) is 0 Å². The summed E-state index contributed by atoms with van der Waals surface area (Å²) in [5.41, 5.74) is 2.98. The minimum Gasteiger partial charge on any atom is -0.146 e. The highest BCUT2D eigenvalue weighted by atomic mass is 32.2. The third kappa shape index (κ3) is 2.62. The van der Waals surface area contributed by atoms with Crippen molar-refractivity contribution in [2.75, 3.05) is 0 Å². The zero-order valence-electron chi connectivity index (χ0n) is 10.5. The first kappa shape index (κ1) is 11.9. The molecule has 1 fully saturated rings. The molecule has 3 rings (SSSR count). The van der Waals surface area contributed by atoms with Crippen molar-refractivity contribution in [3.8, 4) is 0 Å². The van der Waals surface area contributed by atoms with Crippen molar-refractivity contribution in [1.29, 1.82) is 0 Å².